The third-order valence-corrected chi connectivity index (χ3v) is 7.19. The van der Waals surface area contributed by atoms with Gasteiger partial charge in [-0.1, -0.05) is 35.4 Å². The minimum atomic E-state index is -3.99. The van der Waals surface area contributed by atoms with Crippen molar-refractivity contribution < 1.29 is 13.2 Å². The van der Waals surface area contributed by atoms with Crippen molar-refractivity contribution in [1.29, 1.82) is 0 Å². The lowest BCUT2D eigenvalue weighted by Gasteiger charge is -2.26. The Morgan fingerprint density at radius 1 is 1.00 bits per heavy atom. The van der Waals surface area contributed by atoms with Crippen molar-refractivity contribution in [2.45, 2.75) is 18.7 Å². The van der Waals surface area contributed by atoms with Gasteiger partial charge in [-0.2, -0.15) is 0 Å². The number of carbonyl (C=O) groups excluding carboxylic acids is 1. The van der Waals surface area contributed by atoms with E-state index in [0.717, 1.165) is 13.4 Å². The molecule has 0 aromatic heterocycles. The van der Waals surface area contributed by atoms with Crippen molar-refractivity contribution in [1.82, 2.24) is 0 Å². The number of nitrogens with zero attached hydrogens (tertiary/aromatic N) is 1. The Morgan fingerprint density at radius 2 is 1.63 bits per heavy atom. The van der Waals surface area contributed by atoms with Crippen LogP contribution in [0, 0.1) is 17.4 Å². The average Bonchev–Trinajstić information content (AvgIpc) is 2.70. The Bertz CT molecular complexity index is 1160. The Morgan fingerprint density at radius 3 is 2.27 bits per heavy atom. The molecule has 0 aliphatic carbocycles. The summed E-state index contributed by atoms with van der Waals surface area (Å²) in [7, 11) is -3.99. The van der Waals surface area contributed by atoms with Gasteiger partial charge in [0.2, 0.25) is 5.91 Å². The lowest BCUT2D eigenvalue weighted by atomic mass is 10.2. The maximum atomic E-state index is 13.4. The van der Waals surface area contributed by atoms with Gasteiger partial charge in [0.25, 0.3) is 10.0 Å². The molecule has 0 aliphatic rings. The third kappa shape index (κ3) is 5.33. The van der Waals surface area contributed by atoms with E-state index in [1.165, 1.54) is 12.1 Å². The van der Waals surface area contributed by atoms with Gasteiger partial charge >= 0.3 is 0 Å². The number of carbonyl (C=O) groups is 1. The molecule has 0 saturated carbocycles. The van der Waals surface area contributed by atoms with Crippen LogP contribution in [0.5, 0.6) is 0 Å². The Hall–Kier alpha value is -2.10. The van der Waals surface area contributed by atoms with Crippen LogP contribution in [-0.4, -0.2) is 20.9 Å². The smallest absolute Gasteiger partial charge is 0.264 e. The van der Waals surface area contributed by atoms with E-state index >= 15 is 0 Å². The molecule has 156 valence electrons. The number of nitrogens with one attached hydrogen (secondary N) is 1. The first-order chi connectivity index (χ1) is 14.2. The maximum Gasteiger partial charge on any atom is 0.264 e. The quantitative estimate of drug-likeness (QED) is 0.415. The fourth-order valence-electron chi connectivity index (χ4n) is 2.85. The molecule has 3 rings (SSSR count). The molecule has 0 bridgehead atoms. The number of sulfonamides is 1. The number of halogens is 2. The summed E-state index contributed by atoms with van der Waals surface area (Å²) in [6, 6.07) is 18.7. The zero-order chi connectivity index (χ0) is 21.9. The molecule has 0 saturated heterocycles. The molecule has 0 unspecified atom stereocenters. The van der Waals surface area contributed by atoms with Gasteiger partial charge in [-0.05, 0) is 90.5 Å². The van der Waals surface area contributed by atoms with Crippen LogP contribution in [0.2, 0.25) is 5.02 Å². The van der Waals surface area contributed by atoms with Gasteiger partial charge in [0, 0.05) is 14.3 Å². The first-order valence-corrected chi connectivity index (χ1v) is 12.0. The van der Waals surface area contributed by atoms with Gasteiger partial charge in [-0.3, -0.25) is 9.10 Å². The lowest BCUT2D eigenvalue weighted by Crippen LogP contribution is -2.38. The fourth-order valence-corrected chi connectivity index (χ4v) is 4.86. The monoisotopic (exact) mass is 554 g/mol. The minimum Gasteiger partial charge on any atom is -0.325 e. The van der Waals surface area contributed by atoms with E-state index in [0.29, 0.717) is 22.0 Å². The van der Waals surface area contributed by atoms with Crippen LogP contribution in [0.4, 0.5) is 11.4 Å². The summed E-state index contributed by atoms with van der Waals surface area (Å²) in [4.78, 5) is 12.9. The number of amides is 1. The van der Waals surface area contributed by atoms with E-state index < -0.39 is 15.9 Å². The maximum absolute atomic E-state index is 13.4. The largest absolute Gasteiger partial charge is 0.325 e. The molecular weight excluding hydrogens is 535 g/mol. The van der Waals surface area contributed by atoms with E-state index in [4.69, 9.17) is 11.6 Å². The zero-order valence-electron chi connectivity index (χ0n) is 16.4. The molecule has 0 heterocycles. The molecular formula is C22H20ClIN2O3S. The first kappa shape index (κ1) is 22.6. The van der Waals surface area contributed by atoms with Crippen LogP contribution in [0.3, 0.4) is 0 Å². The standard InChI is InChI=1S/C22H20ClIN2O3S/c1-15-3-11-20(12-4-15)30(28,29)26(21-13-17(23)6-5-16(21)2)14-22(27)25-19-9-7-18(24)8-10-19/h3-13H,14H2,1-2H3,(H,25,27). The van der Waals surface area contributed by atoms with Crippen molar-refractivity contribution in [2.75, 3.05) is 16.2 Å². The summed E-state index contributed by atoms with van der Waals surface area (Å²) in [5, 5.41) is 3.14. The van der Waals surface area contributed by atoms with Crippen LogP contribution in [-0.2, 0) is 14.8 Å². The second-order valence-electron chi connectivity index (χ2n) is 6.81. The molecule has 8 heteroatoms. The molecule has 0 atom stereocenters. The number of benzene rings is 3. The van der Waals surface area contributed by atoms with Crippen molar-refractivity contribution in [2.24, 2.45) is 0 Å². The summed E-state index contributed by atoms with van der Waals surface area (Å²) in [6.07, 6.45) is 0. The number of rotatable bonds is 6. The van der Waals surface area contributed by atoms with Crippen molar-refractivity contribution in [3.8, 4) is 0 Å². The summed E-state index contributed by atoms with van der Waals surface area (Å²) in [5.41, 5.74) is 2.59. The highest BCUT2D eigenvalue weighted by Gasteiger charge is 2.28. The van der Waals surface area contributed by atoms with Gasteiger partial charge in [-0.15, -0.1) is 0 Å². The highest BCUT2D eigenvalue weighted by molar-refractivity contribution is 14.1. The highest BCUT2D eigenvalue weighted by atomic mass is 127. The average molecular weight is 555 g/mol. The number of anilines is 2. The molecule has 0 aliphatic heterocycles. The lowest BCUT2D eigenvalue weighted by molar-refractivity contribution is -0.114. The molecule has 0 fully saturated rings. The van der Waals surface area contributed by atoms with Gasteiger partial charge in [-0.25, -0.2) is 8.42 Å². The third-order valence-electron chi connectivity index (χ3n) is 4.46. The topological polar surface area (TPSA) is 66.5 Å². The van der Waals surface area contributed by atoms with Gasteiger partial charge in [0.05, 0.1) is 10.6 Å². The van der Waals surface area contributed by atoms with Crippen LogP contribution in [0.1, 0.15) is 11.1 Å². The molecule has 1 N–H and O–H groups in total. The Balaban J connectivity index is 1.99. The van der Waals surface area contributed by atoms with Crippen LogP contribution >= 0.6 is 34.2 Å². The minimum absolute atomic E-state index is 0.106. The van der Waals surface area contributed by atoms with E-state index in [2.05, 4.69) is 27.9 Å². The summed E-state index contributed by atoms with van der Waals surface area (Å²) in [6.45, 7) is 3.27. The van der Waals surface area contributed by atoms with E-state index in [1.54, 1.807) is 49.4 Å². The first-order valence-electron chi connectivity index (χ1n) is 9.08. The molecule has 3 aromatic carbocycles. The van der Waals surface area contributed by atoms with Crippen molar-refractivity contribution in [3.63, 3.8) is 0 Å². The predicted molar refractivity (Wildman–Crippen MR) is 130 cm³/mol. The predicted octanol–water partition coefficient (Wildman–Crippen LogP) is 5.40. The SMILES string of the molecule is Cc1ccc(S(=O)(=O)N(CC(=O)Nc2ccc(I)cc2)c2cc(Cl)ccc2C)cc1. The summed E-state index contributed by atoms with van der Waals surface area (Å²) < 4.78 is 29.0. The van der Waals surface area contributed by atoms with Gasteiger partial charge in [0.1, 0.15) is 6.54 Å². The van der Waals surface area contributed by atoms with E-state index in [-0.39, 0.29) is 11.4 Å². The summed E-state index contributed by atoms with van der Waals surface area (Å²) in [5.74, 6) is -0.453. The fraction of sp³-hybridized carbons (Fsp3) is 0.136. The van der Waals surface area contributed by atoms with Crippen LogP contribution < -0.4 is 9.62 Å². The van der Waals surface area contributed by atoms with Gasteiger partial charge in [0.15, 0.2) is 0 Å². The zero-order valence-corrected chi connectivity index (χ0v) is 20.1. The molecule has 3 aromatic rings. The molecule has 1 amide bonds. The normalized spacial score (nSPS) is 11.2. The van der Waals surface area contributed by atoms with Crippen LogP contribution in [0.25, 0.3) is 0 Å². The van der Waals surface area contributed by atoms with Gasteiger partial charge < -0.3 is 5.32 Å². The van der Waals surface area contributed by atoms with E-state index in [9.17, 15) is 13.2 Å². The Labute approximate surface area is 195 Å². The summed E-state index contributed by atoms with van der Waals surface area (Å²) >= 11 is 8.31. The number of aryl methyl sites for hydroxylation is 2. The highest BCUT2D eigenvalue weighted by Crippen LogP contribution is 2.29. The molecule has 5 nitrogen and oxygen atoms in total. The van der Waals surface area contributed by atoms with Crippen molar-refractivity contribution in [3.05, 3.63) is 86.4 Å². The second-order valence-corrected chi connectivity index (χ2v) is 10.4. The molecule has 30 heavy (non-hydrogen) atoms. The molecule has 0 spiro atoms. The van der Waals surface area contributed by atoms with Crippen LogP contribution in [0.15, 0.2) is 71.6 Å². The Kier molecular flexibility index (Phi) is 7.05. The molecule has 0 radical (unpaired) electrons. The number of hydrogen-bond acceptors (Lipinski definition) is 3. The number of hydrogen-bond donors (Lipinski definition) is 1. The second kappa shape index (κ2) is 9.36. The van der Waals surface area contributed by atoms with E-state index in [1.807, 2.05) is 19.1 Å². The van der Waals surface area contributed by atoms with Crippen molar-refractivity contribution >= 4 is 61.5 Å².